The number of ether oxygens (including phenoxy) is 1. The van der Waals surface area contributed by atoms with Gasteiger partial charge in [-0.3, -0.25) is 4.79 Å². The molecule has 0 spiro atoms. The third-order valence-electron chi connectivity index (χ3n) is 2.59. The predicted octanol–water partition coefficient (Wildman–Crippen LogP) is 3.75. The molecule has 0 atom stereocenters. The molecular formula is C13H17Br2NO2. The van der Waals surface area contributed by atoms with E-state index >= 15 is 0 Å². The lowest BCUT2D eigenvalue weighted by atomic mass is 10.0. The zero-order valence-corrected chi connectivity index (χ0v) is 13.9. The van der Waals surface area contributed by atoms with Gasteiger partial charge in [-0.15, -0.1) is 0 Å². The van der Waals surface area contributed by atoms with Crippen molar-refractivity contribution in [2.75, 3.05) is 12.4 Å². The van der Waals surface area contributed by atoms with Crippen molar-refractivity contribution < 1.29 is 9.53 Å². The lowest BCUT2D eigenvalue weighted by Crippen LogP contribution is -2.43. The fraction of sp³-hybridized carbons (Fsp3) is 0.462. The summed E-state index contributed by atoms with van der Waals surface area (Å²) < 4.78 is 5.91. The van der Waals surface area contributed by atoms with Crippen molar-refractivity contribution >= 4 is 37.8 Å². The van der Waals surface area contributed by atoms with E-state index in [9.17, 15) is 4.79 Å². The van der Waals surface area contributed by atoms with E-state index in [1.165, 1.54) is 0 Å². The first-order valence-corrected chi connectivity index (χ1v) is 7.53. The van der Waals surface area contributed by atoms with E-state index in [1.54, 1.807) is 25.3 Å². The van der Waals surface area contributed by atoms with Gasteiger partial charge in [-0.25, -0.2) is 0 Å². The van der Waals surface area contributed by atoms with E-state index in [0.29, 0.717) is 11.3 Å². The van der Waals surface area contributed by atoms with Crippen LogP contribution in [-0.2, 0) is 0 Å². The summed E-state index contributed by atoms with van der Waals surface area (Å²) in [5.41, 5.74) is 0.387. The molecule has 3 nitrogen and oxygen atoms in total. The van der Waals surface area contributed by atoms with E-state index in [4.69, 9.17) is 4.74 Å². The molecule has 0 bridgehead atoms. The summed E-state index contributed by atoms with van der Waals surface area (Å²) >= 11 is 6.76. The molecule has 0 radical (unpaired) electrons. The highest BCUT2D eigenvalue weighted by Gasteiger charge is 2.20. The maximum atomic E-state index is 12.1. The summed E-state index contributed by atoms with van der Waals surface area (Å²) in [6.45, 7) is 4.01. The summed E-state index contributed by atoms with van der Waals surface area (Å²) in [6, 6.07) is 5.29. The van der Waals surface area contributed by atoms with Gasteiger partial charge in [0.25, 0.3) is 5.91 Å². The molecule has 0 fully saturated rings. The molecule has 0 saturated heterocycles. The molecule has 1 N–H and O–H groups in total. The number of rotatable bonds is 5. The van der Waals surface area contributed by atoms with Gasteiger partial charge in [-0.2, -0.15) is 0 Å². The third-order valence-corrected chi connectivity index (χ3v) is 3.60. The molecule has 1 amide bonds. The van der Waals surface area contributed by atoms with Gasteiger partial charge in [-0.1, -0.05) is 15.9 Å². The number of alkyl halides is 1. The van der Waals surface area contributed by atoms with Crippen molar-refractivity contribution in [1.82, 2.24) is 5.32 Å². The van der Waals surface area contributed by atoms with E-state index in [2.05, 4.69) is 37.2 Å². The van der Waals surface area contributed by atoms with Crippen LogP contribution in [-0.4, -0.2) is 23.9 Å². The van der Waals surface area contributed by atoms with Crippen LogP contribution in [0.2, 0.25) is 0 Å². The smallest absolute Gasteiger partial charge is 0.251 e. The normalized spacial score (nSPS) is 11.2. The first kappa shape index (κ1) is 15.5. The van der Waals surface area contributed by atoms with Crippen LogP contribution in [0.4, 0.5) is 0 Å². The Hall–Kier alpha value is -0.550. The minimum absolute atomic E-state index is 0.0793. The van der Waals surface area contributed by atoms with Gasteiger partial charge in [0.05, 0.1) is 11.6 Å². The van der Waals surface area contributed by atoms with Crippen LogP contribution in [0.15, 0.2) is 22.7 Å². The summed E-state index contributed by atoms with van der Waals surface area (Å²) in [4.78, 5) is 12.1. The van der Waals surface area contributed by atoms with Gasteiger partial charge in [-0.05, 0) is 54.4 Å². The summed E-state index contributed by atoms with van der Waals surface area (Å²) in [5, 5.41) is 3.86. The van der Waals surface area contributed by atoms with Crippen molar-refractivity contribution in [2.45, 2.75) is 25.8 Å². The molecule has 0 aliphatic heterocycles. The Morgan fingerprint density at radius 2 is 2.11 bits per heavy atom. The van der Waals surface area contributed by atoms with Crippen molar-refractivity contribution in [3.63, 3.8) is 0 Å². The molecule has 0 aliphatic rings. The number of carbonyl (C=O) groups is 1. The largest absolute Gasteiger partial charge is 0.496 e. The molecule has 0 aliphatic carbocycles. The number of hydrogen-bond acceptors (Lipinski definition) is 2. The topological polar surface area (TPSA) is 38.3 Å². The predicted molar refractivity (Wildman–Crippen MR) is 80.7 cm³/mol. The van der Waals surface area contributed by atoms with E-state index in [-0.39, 0.29) is 11.4 Å². The lowest BCUT2D eigenvalue weighted by molar-refractivity contribution is 0.0912. The zero-order valence-electron chi connectivity index (χ0n) is 10.7. The van der Waals surface area contributed by atoms with E-state index in [1.807, 2.05) is 13.8 Å². The molecule has 0 aromatic heterocycles. The van der Waals surface area contributed by atoms with Crippen LogP contribution >= 0.6 is 31.9 Å². The second-order valence-corrected chi connectivity index (χ2v) is 6.27. The number of carbonyl (C=O) groups excluding carboxylic acids is 1. The van der Waals surface area contributed by atoms with Gasteiger partial charge in [0.15, 0.2) is 0 Å². The number of benzene rings is 1. The molecule has 100 valence electrons. The minimum Gasteiger partial charge on any atom is -0.496 e. The Labute approximate surface area is 125 Å². The molecular weight excluding hydrogens is 362 g/mol. The molecule has 1 aromatic rings. The number of halogens is 2. The molecule has 0 unspecified atom stereocenters. The van der Waals surface area contributed by atoms with Crippen molar-refractivity contribution in [3.8, 4) is 5.75 Å². The molecule has 1 aromatic carbocycles. The zero-order chi connectivity index (χ0) is 13.8. The second-order valence-electron chi connectivity index (χ2n) is 4.63. The lowest BCUT2D eigenvalue weighted by Gasteiger charge is -2.25. The SMILES string of the molecule is COc1ccc(C(=O)NC(C)(C)CCBr)cc1Br. The van der Waals surface area contributed by atoms with Gasteiger partial charge in [0, 0.05) is 16.4 Å². The van der Waals surface area contributed by atoms with Crippen LogP contribution in [0, 0.1) is 0 Å². The molecule has 5 heteroatoms. The van der Waals surface area contributed by atoms with Crippen LogP contribution in [0.25, 0.3) is 0 Å². The van der Waals surface area contributed by atoms with E-state index < -0.39 is 0 Å². The van der Waals surface area contributed by atoms with Crippen LogP contribution in [0.1, 0.15) is 30.6 Å². The number of amides is 1. The molecule has 18 heavy (non-hydrogen) atoms. The highest BCUT2D eigenvalue weighted by Crippen LogP contribution is 2.25. The van der Waals surface area contributed by atoms with Gasteiger partial charge in [0.2, 0.25) is 0 Å². The molecule has 1 rings (SSSR count). The average molecular weight is 379 g/mol. The number of nitrogens with one attached hydrogen (secondary N) is 1. The summed E-state index contributed by atoms with van der Waals surface area (Å²) in [6.07, 6.45) is 0.871. The Morgan fingerprint density at radius 1 is 1.44 bits per heavy atom. The quantitative estimate of drug-likeness (QED) is 0.792. The monoisotopic (exact) mass is 377 g/mol. The first-order valence-electron chi connectivity index (χ1n) is 5.61. The number of methoxy groups -OCH3 is 1. The average Bonchev–Trinajstić information content (AvgIpc) is 2.28. The second kappa shape index (κ2) is 6.57. The van der Waals surface area contributed by atoms with Crippen molar-refractivity contribution in [3.05, 3.63) is 28.2 Å². The summed E-state index contributed by atoms with van der Waals surface area (Å²) in [5.74, 6) is 0.635. The Balaban J connectivity index is 2.82. The highest BCUT2D eigenvalue weighted by atomic mass is 79.9. The fourth-order valence-electron chi connectivity index (χ4n) is 1.49. The van der Waals surface area contributed by atoms with Crippen molar-refractivity contribution in [2.24, 2.45) is 0 Å². The summed E-state index contributed by atoms with van der Waals surface area (Å²) in [7, 11) is 1.60. The van der Waals surface area contributed by atoms with Crippen LogP contribution in [0.3, 0.4) is 0 Å². The van der Waals surface area contributed by atoms with Gasteiger partial charge < -0.3 is 10.1 Å². The van der Waals surface area contributed by atoms with Crippen LogP contribution in [0.5, 0.6) is 5.75 Å². The Bertz CT molecular complexity index is 433. The minimum atomic E-state index is -0.229. The van der Waals surface area contributed by atoms with E-state index in [0.717, 1.165) is 16.2 Å². The van der Waals surface area contributed by atoms with Crippen molar-refractivity contribution in [1.29, 1.82) is 0 Å². The van der Waals surface area contributed by atoms with Gasteiger partial charge >= 0.3 is 0 Å². The van der Waals surface area contributed by atoms with Gasteiger partial charge in [0.1, 0.15) is 5.75 Å². The maximum absolute atomic E-state index is 12.1. The third kappa shape index (κ3) is 4.28. The number of hydrogen-bond donors (Lipinski definition) is 1. The fourth-order valence-corrected chi connectivity index (χ4v) is 3.02. The maximum Gasteiger partial charge on any atom is 0.251 e. The molecule has 0 saturated carbocycles. The molecule has 0 heterocycles. The first-order chi connectivity index (χ1) is 8.39. The Kier molecular flexibility index (Phi) is 5.66. The van der Waals surface area contributed by atoms with Crippen LogP contribution < -0.4 is 10.1 Å². The highest BCUT2D eigenvalue weighted by molar-refractivity contribution is 9.10. The standard InChI is InChI=1S/C13H17Br2NO2/c1-13(2,6-7-14)16-12(17)9-4-5-11(18-3)10(15)8-9/h4-5,8H,6-7H2,1-3H3,(H,16,17). The Morgan fingerprint density at radius 3 is 2.61 bits per heavy atom.